The summed E-state index contributed by atoms with van der Waals surface area (Å²) in [6.07, 6.45) is 4.93. The quantitative estimate of drug-likeness (QED) is 0.686. The van der Waals surface area contributed by atoms with Crippen LogP contribution in [-0.4, -0.2) is 28.8 Å². The molecule has 0 aliphatic carbocycles. The molecule has 1 aromatic rings. The van der Waals surface area contributed by atoms with Crippen molar-refractivity contribution in [2.45, 2.75) is 46.3 Å². The number of hydrogen-bond donors (Lipinski definition) is 1. The second-order valence-corrected chi connectivity index (χ2v) is 4.12. The van der Waals surface area contributed by atoms with Crippen molar-refractivity contribution >= 4 is 0 Å². The Hall–Kier alpha value is -0.870. The van der Waals surface area contributed by atoms with Gasteiger partial charge in [-0.1, -0.05) is 13.8 Å². The molecule has 0 spiro atoms. The number of ether oxygens (including phenoxy) is 1. The van der Waals surface area contributed by atoms with Crippen molar-refractivity contribution < 1.29 is 4.74 Å². The minimum Gasteiger partial charge on any atom is -0.382 e. The Bertz CT molecular complexity index is 284. The maximum Gasteiger partial charge on any atom is 0.122 e. The summed E-state index contributed by atoms with van der Waals surface area (Å²) < 4.78 is 7.51. The lowest BCUT2D eigenvalue weighted by atomic mass is 10.4. The van der Waals surface area contributed by atoms with Crippen LogP contribution >= 0.6 is 0 Å². The summed E-state index contributed by atoms with van der Waals surface area (Å²) >= 11 is 0. The molecule has 0 amide bonds. The van der Waals surface area contributed by atoms with Crippen LogP contribution in [0.25, 0.3) is 0 Å². The monoisotopic (exact) mass is 225 g/mol. The van der Waals surface area contributed by atoms with E-state index in [1.807, 2.05) is 19.3 Å². The van der Waals surface area contributed by atoms with Crippen molar-refractivity contribution in [3.8, 4) is 0 Å². The van der Waals surface area contributed by atoms with E-state index in [0.29, 0.717) is 6.04 Å². The first-order valence-electron chi connectivity index (χ1n) is 6.05. The molecule has 1 aromatic heterocycles. The lowest BCUT2D eigenvalue weighted by molar-refractivity contribution is 0.141. The number of nitrogens with zero attached hydrogens (tertiary/aromatic N) is 2. The first-order chi connectivity index (χ1) is 7.74. The molecule has 1 heterocycles. The Balaban J connectivity index is 2.32. The molecule has 4 nitrogen and oxygen atoms in total. The van der Waals surface area contributed by atoms with Crippen LogP contribution in [0.5, 0.6) is 0 Å². The Labute approximate surface area is 98.0 Å². The van der Waals surface area contributed by atoms with Gasteiger partial charge in [0.1, 0.15) is 5.82 Å². The van der Waals surface area contributed by atoms with E-state index >= 15 is 0 Å². The fourth-order valence-corrected chi connectivity index (χ4v) is 1.49. The lowest BCUT2D eigenvalue weighted by Gasteiger charge is -2.10. The molecule has 0 saturated heterocycles. The number of aryl methyl sites for hydroxylation is 1. The van der Waals surface area contributed by atoms with Crippen LogP contribution in [0, 0.1) is 0 Å². The van der Waals surface area contributed by atoms with Gasteiger partial charge in [0.05, 0.1) is 6.54 Å². The van der Waals surface area contributed by atoms with E-state index in [4.69, 9.17) is 4.74 Å². The van der Waals surface area contributed by atoms with Gasteiger partial charge in [0.25, 0.3) is 0 Å². The molecule has 0 fully saturated rings. The molecule has 92 valence electrons. The SMILES string of the molecule is CCOCCCn1ccnc1CNC(C)C. The third-order valence-electron chi connectivity index (χ3n) is 2.36. The van der Waals surface area contributed by atoms with Crippen LogP contribution in [0.15, 0.2) is 12.4 Å². The highest BCUT2D eigenvalue weighted by atomic mass is 16.5. The molecule has 0 atom stereocenters. The Kier molecular flexibility index (Phi) is 6.11. The van der Waals surface area contributed by atoms with E-state index in [2.05, 4.69) is 28.7 Å². The first-order valence-corrected chi connectivity index (χ1v) is 6.05. The van der Waals surface area contributed by atoms with E-state index in [1.54, 1.807) is 0 Å². The van der Waals surface area contributed by atoms with E-state index in [1.165, 1.54) is 0 Å². The second kappa shape index (κ2) is 7.41. The minimum absolute atomic E-state index is 0.494. The molecule has 0 bridgehead atoms. The highest BCUT2D eigenvalue weighted by molar-refractivity contribution is 4.92. The van der Waals surface area contributed by atoms with Gasteiger partial charge in [0, 0.05) is 38.2 Å². The van der Waals surface area contributed by atoms with Crippen LogP contribution in [0.4, 0.5) is 0 Å². The highest BCUT2D eigenvalue weighted by Gasteiger charge is 2.02. The highest BCUT2D eigenvalue weighted by Crippen LogP contribution is 2.00. The van der Waals surface area contributed by atoms with Crippen molar-refractivity contribution in [3.63, 3.8) is 0 Å². The van der Waals surface area contributed by atoms with Gasteiger partial charge in [-0.15, -0.1) is 0 Å². The van der Waals surface area contributed by atoms with Crippen molar-refractivity contribution in [2.24, 2.45) is 0 Å². The van der Waals surface area contributed by atoms with Gasteiger partial charge in [-0.25, -0.2) is 4.98 Å². The molecule has 0 saturated carbocycles. The standard InChI is InChI=1S/C12H23N3O/c1-4-16-9-5-7-15-8-6-13-12(15)10-14-11(2)3/h6,8,11,14H,4-5,7,9-10H2,1-3H3. The van der Waals surface area contributed by atoms with E-state index in [9.17, 15) is 0 Å². The summed E-state index contributed by atoms with van der Waals surface area (Å²) in [5.41, 5.74) is 0. The smallest absolute Gasteiger partial charge is 0.122 e. The zero-order valence-corrected chi connectivity index (χ0v) is 10.6. The molecule has 0 aliphatic heterocycles. The van der Waals surface area contributed by atoms with Gasteiger partial charge in [-0.05, 0) is 13.3 Å². The molecular formula is C12H23N3O. The summed E-state index contributed by atoms with van der Waals surface area (Å²) in [5.74, 6) is 1.10. The van der Waals surface area contributed by atoms with Crippen LogP contribution < -0.4 is 5.32 Å². The van der Waals surface area contributed by atoms with Crippen LogP contribution in [0.2, 0.25) is 0 Å². The van der Waals surface area contributed by atoms with Crippen LogP contribution in [0.3, 0.4) is 0 Å². The summed E-state index contributed by atoms with van der Waals surface area (Å²) in [7, 11) is 0. The van der Waals surface area contributed by atoms with E-state index in [-0.39, 0.29) is 0 Å². The molecule has 4 heteroatoms. The minimum atomic E-state index is 0.494. The van der Waals surface area contributed by atoms with E-state index < -0.39 is 0 Å². The fraction of sp³-hybridized carbons (Fsp3) is 0.750. The maximum atomic E-state index is 5.32. The maximum absolute atomic E-state index is 5.32. The van der Waals surface area contributed by atoms with E-state index in [0.717, 1.165) is 38.5 Å². The van der Waals surface area contributed by atoms with Crippen LogP contribution in [-0.2, 0) is 17.8 Å². The third kappa shape index (κ3) is 4.77. The molecule has 1 rings (SSSR count). The average Bonchev–Trinajstić information content (AvgIpc) is 2.69. The molecule has 0 unspecified atom stereocenters. The van der Waals surface area contributed by atoms with Gasteiger partial charge in [0.15, 0.2) is 0 Å². The van der Waals surface area contributed by atoms with Crippen LogP contribution in [0.1, 0.15) is 33.0 Å². The summed E-state index contributed by atoms with van der Waals surface area (Å²) in [6, 6.07) is 0.494. The Morgan fingerprint density at radius 3 is 3.00 bits per heavy atom. The van der Waals surface area contributed by atoms with Gasteiger partial charge >= 0.3 is 0 Å². The Morgan fingerprint density at radius 1 is 1.50 bits per heavy atom. The lowest BCUT2D eigenvalue weighted by Crippen LogP contribution is -2.24. The molecule has 1 N–H and O–H groups in total. The zero-order chi connectivity index (χ0) is 11.8. The predicted octanol–water partition coefficient (Wildman–Crippen LogP) is 1.81. The molecule has 0 radical (unpaired) electrons. The van der Waals surface area contributed by atoms with Gasteiger partial charge in [0.2, 0.25) is 0 Å². The number of hydrogen-bond acceptors (Lipinski definition) is 3. The topological polar surface area (TPSA) is 39.1 Å². The second-order valence-electron chi connectivity index (χ2n) is 4.12. The summed E-state index contributed by atoms with van der Waals surface area (Å²) in [4.78, 5) is 4.35. The zero-order valence-electron chi connectivity index (χ0n) is 10.6. The number of rotatable bonds is 8. The third-order valence-corrected chi connectivity index (χ3v) is 2.36. The first kappa shape index (κ1) is 13.2. The predicted molar refractivity (Wildman–Crippen MR) is 65.3 cm³/mol. The number of aromatic nitrogens is 2. The largest absolute Gasteiger partial charge is 0.382 e. The summed E-state index contributed by atoms with van der Waals surface area (Å²) in [5, 5.41) is 3.38. The molecule has 0 aromatic carbocycles. The van der Waals surface area contributed by atoms with Gasteiger partial charge in [-0.2, -0.15) is 0 Å². The van der Waals surface area contributed by atoms with Crippen molar-refractivity contribution in [1.29, 1.82) is 0 Å². The normalized spacial score (nSPS) is 11.2. The molecule has 0 aliphatic rings. The Morgan fingerprint density at radius 2 is 2.31 bits per heavy atom. The number of imidazole rings is 1. The van der Waals surface area contributed by atoms with Crippen molar-refractivity contribution in [2.75, 3.05) is 13.2 Å². The van der Waals surface area contributed by atoms with Crippen molar-refractivity contribution in [3.05, 3.63) is 18.2 Å². The summed E-state index contributed by atoms with van der Waals surface area (Å²) in [6.45, 7) is 9.74. The molecular weight excluding hydrogens is 202 g/mol. The van der Waals surface area contributed by atoms with Crippen molar-refractivity contribution in [1.82, 2.24) is 14.9 Å². The van der Waals surface area contributed by atoms with Gasteiger partial charge in [-0.3, -0.25) is 0 Å². The fourth-order valence-electron chi connectivity index (χ4n) is 1.49. The van der Waals surface area contributed by atoms with Gasteiger partial charge < -0.3 is 14.6 Å². The molecule has 16 heavy (non-hydrogen) atoms. The number of nitrogens with one attached hydrogen (secondary N) is 1. The average molecular weight is 225 g/mol.